The van der Waals surface area contributed by atoms with Crippen LogP contribution in [-0.4, -0.2) is 0 Å². The van der Waals surface area contributed by atoms with Crippen molar-refractivity contribution in [1.29, 1.82) is 0 Å². The minimum atomic E-state index is 0.882. The van der Waals surface area contributed by atoms with Gasteiger partial charge in [-0.1, -0.05) is 195 Å². The van der Waals surface area contributed by atoms with Crippen LogP contribution in [0.4, 0.5) is 17.1 Å². The lowest BCUT2D eigenvalue weighted by Crippen LogP contribution is -2.25. The lowest BCUT2D eigenvalue weighted by molar-refractivity contribution is 0.674. The maximum Gasteiger partial charge on any atom is 0.143 e. The number of hydrogen-bond acceptors (Lipinski definition) is 2. The van der Waals surface area contributed by atoms with Gasteiger partial charge in [0.15, 0.2) is 0 Å². The number of rotatable bonds is 8. The van der Waals surface area contributed by atoms with E-state index in [0.717, 1.165) is 71.9 Å². The van der Waals surface area contributed by atoms with Crippen LogP contribution in [0.3, 0.4) is 0 Å². The number of para-hydroxylation sites is 2. The molecule has 2 nitrogen and oxygen atoms in total. The van der Waals surface area contributed by atoms with E-state index in [0.29, 0.717) is 0 Å². The minimum absolute atomic E-state index is 0.882. The Hall–Kier alpha value is -8.20. The Labute approximate surface area is 360 Å². The lowest BCUT2D eigenvalue weighted by Gasteiger charge is -2.28. The smallest absolute Gasteiger partial charge is 0.143 e. The fourth-order valence-electron chi connectivity index (χ4n) is 9.02. The van der Waals surface area contributed by atoms with E-state index in [4.69, 9.17) is 4.42 Å². The summed E-state index contributed by atoms with van der Waals surface area (Å²) >= 11 is 0. The number of fused-ring (bicyclic) bond motifs is 6. The van der Waals surface area contributed by atoms with E-state index in [2.05, 4.69) is 242 Å². The molecule has 62 heavy (non-hydrogen) atoms. The third-order valence-corrected chi connectivity index (χ3v) is 12.0. The largest absolute Gasteiger partial charge is 0.455 e. The van der Waals surface area contributed by atoms with Gasteiger partial charge < -0.3 is 9.32 Å². The molecule has 0 saturated carbocycles. The predicted octanol–water partition coefficient (Wildman–Crippen LogP) is 15.2. The molecular formula is C60H41NO. The van der Waals surface area contributed by atoms with Crippen molar-refractivity contribution in [3.8, 4) is 33.4 Å². The molecule has 0 fully saturated rings. The van der Waals surface area contributed by atoms with Crippen LogP contribution in [0.15, 0.2) is 235 Å². The van der Waals surface area contributed by atoms with Crippen molar-refractivity contribution < 1.29 is 4.42 Å². The highest BCUT2D eigenvalue weighted by Gasteiger charge is 2.21. The van der Waals surface area contributed by atoms with Crippen LogP contribution >= 0.6 is 0 Å². The van der Waals surface area contributed by atoms with Crippen molar-refractivity contribution in [1.82, 2.24) is 0 Å². The third kappa shape index (κ3) is 6.65. The zero-order valence-corrected chi connectivity index (χ0v) is 34.1. The molecule has 292 valence electrons. The van der Waals surface area contributed by atoms with Gasteiger partial charge in [0, 0.05) is 38.7 Å². The summed E-state index contributed by atoms with van der Waals surface area (Å²) < 4.78 is 6.90. The Morgan fingerprint density at radius 2 is 0.968 bits per heavy atom. The van der Waals surface area contributed by atoms with Gasteiger partial charge in [-0.05, 0) is 103 Å². The minimum Gasteiger partial charge on any atom is -0.455 e. The van der Waals surface area contributed by atoms with Gasteiger partial charge in [0.25, 0.3) is 0 Å². The standard InChI is InChI=1S/C60H41NO/c1-2-14-51-48(30-29-44-17-6-8-21-52(44)51)39-41-27-34-49(35-28-41)61(50-36-31-43(32-37-50)47-20-12-19-46(40-47)42-15-4-3-5-16-42)58-26-11-10-23-54(58)55-24-13-25-56-57-38-33-45-18-7-9-22-53(45)59(57)62-60(55)56/h2-40H,1H2/b48-39+,51-14+. The van der Waals surface area contributed by atoms with Crippen molar-refractivity contribution in [2.45, 2.75) is 0 Å². The Balaban J connectivity index is 1.06. The van der Waals surface area contributed by atoms with Gasteiger partial charge in [-0.2, -0.15) is 0 Å². The summed E-state index contributed by atoms with van der Waals surface area (Å²) in [5.41, 5.74) is 12.9. The Morgan fingerprint density at radius 3 is 1.74 bits per heavy atom. The molecule has 0 radical (unpaired) electrons. The van der Waals surface area contributed by atoms with Crippen LogP contribution in [0.25, 0.3) is 89.0 Å². The maximum atomic E-state index is 6.90. The molecule has 1 heterocycles. The summed E-state index contributed by atoms with van der Waals surface area (Å²) in [5, 5.41) is 9.25. The summed E-state index contributed by atoms with van der Waals surface area (Å²) in [7, 11) is 0. The molecule has 0 atom stereocenters. The zero-order valence-electron chi connectivity index (χ0n) is 34.1. The van der Waals surface area contributed by atoms with Crippen LogP contribution in [-0.2, 0) is 0 Å². The monoisotopic (exact) mass is 791 g/mol. The second-order valence-corrected chi connectivity index (χ2v) is 15.7. The van der Waals surface area contributed by atoms with E-state index in [1.807, 2.05) is 6.08 Å². The first kappa shape index (κ1) is 36.8. The van der Waals surface area contributed by atoms with Crippen LogP contribution in [0, 0.1) is 0 Å². The number of benzene rings is 10. The van der Waals surface area contributed by atoms with Crippen molar-refractivity contribution in [3.63, 3.8) is 0 Å². The third-order valence-electron chi connectivity index (χ3n) is 12.0. The molecular weight excluding hydrogens is 751 g/mol. The van der Waals surface area contributed by atoms with Gasteiger partial charge in [0.05, 0.1) is 5.69 Å². The van der Waals surface area contributed by atoms with Crippen LogP contribution in [0.2, 0.25) is 0 Å². The zero-order chi connectivity index (χ0) is 41.4. The molecule has 1 aromatic heterocycles. The highest BCUT2D eigenvalue weighted by atomic mass is 16.3. The predicted molar refractivity (Wildman–Crippen MR) is 264 cm³/mol. The fourth-order valence-corrected chi connectivity index (χ4v) is 9.02. The Kier molecular flexibility index (Phi) is 9.37. The van der Waals surface area contributed by atoms with Gasteiger partial charge in [-0.15, -0.1) is 0 Å². The summed E-state index contributed by atoms with van der Waals surface area (Å²) in [5.74, 6) is 0. The topological polar surface area (TPSA) is 16.4 Å². The molecule has 11 rings (SSSR count). The number of allylic oxidation sites excluding steroid dienone is 1. The van der Waals surface area contributed by atoms with Gasteiger partial charge in [0.2, 0.25) is 0 Å². The normalized spacial score (nSPS) is 12.1. The van der Waals surface area contributed by atoms with Gasteiger partial charge in [-0.25, -0.2) is 0 Å². The van der Waals surface area contributed by atoms with Crippen LogP contribution in [0.1, 0.15) is 5.56 Å². The van der Waals surface area contributed by atoms with Crippen molar-refractivity contribution >= 4 is 72.7 Å². The molecule has 0 unspecified atom stereocenters. The molecule has 0 saturated heterocycles. The lowest BCUT2D eigenvalue weighted by atomic mass is 9.97. The molecule has 0 N–H and O–H groups in total. The highest BCUT2D eigenvalue weighted by Crippen LogP contribution is 2.45. The molecule has 2 heteroatoms. The summed E-state index contributed by atoms with van der Waals surface area (Å²) in [6.07, 6.45) is 6.23. The van der Waals surface area contributed by atoms with E-state index in [1.165, 1.54) is 38.1 Å². The average molecular weight is 792 g/mol. The maximum absolute atomic E-state index is 6.90. The second kappa shape index (κ2) is 15.8. The summed E-state index contributed by atoms with van der Waals surface area (Å²) in [6, 6.07) is 78.1. The quantitative estimate of drug-likeness (QED) is 0.152. The molecule has 0 spiro atoms. The number of hydrogen-bond donors (Lipinski definition) is 0. The summed E-state index contributed by atoms with van der Waals surface area (Å²) in [4.78, 5) is 2.37. The van der Waals surface area contributed by atoms with Crippen molar-refractivity contribution in [2.75, 3.05) is 4.90 Å². The fraction of sp³-hybridized carbons (Fsp3) is 0. The van der Waals surface area contributed by atoms with Crippen LogP contribution in [0.5, 0.6) is 0 Å². The van der Waals surface area contributed by atoms with E-state index in [1.54, 1.807) is 0 Å². The van der Waals surface area contributed by atoms with Crippen LogP contribution < -0.4 is 15.3 Å². The van der Waals surface area contributed by atoms with Crippen molar-refractivity contribution in [2.24, 2.45) is 0 Å². The van der Waals surface area contributed by atoms with Crippen molar-refractivity contribution in [3.05, 3.63) is 247 Å². The molecule has 0 amide bonds. The van der Waals surface area contributed by atoms with E-state index >= 15 is 0 Å². The van der Waals surface area contributed by atoms with E-state index < -0.39 is 0 Å². The first-order chi connectivity index (χ1) is 30.7. The first-order valence-electron chi connectivity index (χ1n) is 21.1. The molecule has 0 aliphatic rings. The average Bonchev–Trinajstić information content (AvgIpc) is 3.73. The Morgan fingerprint density at radius 1 is 0.403 bits per heavy atom. The van der Waals surface area contributed by atoms with Gasteiger partial charge >= 0.3 is 0 Å². The molecule has 0 bridgehead atoms. The first-order valence-corrected chi connectivity index (χ1v) is 21.1. The van der Waals surface area contributed by atoms with Gasteiger partial charge in [-0.3, -0.25) is 0 Å². The summed E-state index contributed by atoms with van der Waals surface area (Å²) in [6.45, 7) is 4.03. The SMILES string of the molecule is C=C/C=c1\c(=C\c2ccc(N(c3ccc(-c4cccc(-c5ccccc5)c4)cc3)c3ccccc3-c3cccc4c3oc3c5ccccc5ccc43)cc2)ccc2ccccc12. The number of nitrogens with zero attached hydrogens (tertiary/aromatic N) is 1. The molecule has 0 aliphatic carbocycles. The Bertz CT molecular complexity index is 3580. The second-order valence-electron chi connectivity index (χ2n) is 15.7. The molecule has 10 aromatic carbocycles. The van der Waals surface area contributed by atoms with E-state index in [9.17, 15) is 0 Å². The van der Waals surface area contributed by atoms with Gasteiger partial charge in [0.1, 0.15) is 11.2 Å². The highest BCUT2D eigenvalue weighted by molar-refractivity contribution is 6.17. The number of anilines is 3. The molecule has 11 aromatic rings. The van der Waals surface area contributed by atoms with E-state index in [-0.39, 0.29) is 0 Å². The number of furan rings is 1. The molecule has 0 aliphatic heterocycles.